The van der Waals surface area contributed by atoms with Crippen molar-refractivity contribution >= 4 is 16.6 Å². The number of fused-ring (bicyclic) bond motifs is 1. The summed E-state index contributed by atoms with van der Waals surface area (Å²) in [6.07, 6.45) is -4.51. The summed E-state index contributed by atoms with van der Waals surface area (Å²) in [5.74, 6) is 0.0773. The number of alkyl halides is 3. The second-order valence-corrected chi connectivity index (χ2v) is 3.90. The molecule has 0 amide bonds. The van der Waals surface area contributed by atoms with Crippen LogP contribution in [0.25, 0.3) is 10.9 Å². The lowest BCUT2D eigenvalue weighted by molar-refractivity contribution is -0.141. The zero-order valence-corrected chi connectivity index (χ0v) is 9.80. The van der Waals surface area contributed by atoms with Crippen molar-refractivity contribution in [1.82, 2.24) is 4.98 Å². The van der Waals surface area contributed by atoms with Gasteiger partial charge in [-0.05, 0) is 18.6 Å². The van der Waals surface area contributed by atoms with Crippen molar-refractivity contribution in [1.29, 1.82) is 0 Å². The number of hydrogen-bond acceptors (Lipinski definition) is 3. The van der Waals surface area contributed by atoms with Gasteiger partial charge >= 0.3 is 6.18 Å². The van der Waals surface area contributed by atoms with Gasteiger partial charge in [0, 0.05) is 11.8 Å². The Morgan fingerprint density at radius 2 is 1.94 bits per heavy atom. The third-order valence-electron chi connectivity index (χ3n) is 2.71. The van der Waals surface area contributed by atoms with Crippen molar-refractivity contribution in [2.75, 3.05) is 12.8 Å². The molecule has 0 aliphatic carbocycles. The first-order valence-electron chi connectivity index (χ1n) is 5.15. The highest BCUT2D eigenvalue weighted by Gasteiger charge is 2.33. The molecule has 2 rings (SSSR count). The molecule has 1 aromatic carbocycles. The summed E-state index contributed by atoms with van der Waals surface area (Å²) in [5, 5.41) is 0.408. The highest BCUT2D eigenvalue weighted by molar-refractivity contribution is 5.97. The molecular weight excluding hydrogens is 245 g/mol. The number of anilines is 1. The van der Waals surface area contributed by atoms with Crippen LogP contribution in [0.5, 0.6) is 5.75 Å². The lowest BCUT2D eigenvalue weighted by Crippen LogP contribution is -2.09. The Labute approximate surface area is 101 Å². The molecule has 2 N–H and O–H groups in total. The molecule has 0 spiro atoms. The van der Waals surface area contributed by atoms with E-state index in [2.05, 4.69) is 4.98 Å². The molecule has 1 aromatic heterocycles. The summed E-state index contributed by atoms with van der Waals surface area (Å²) in [5.41, 5.74) is 6.18. The molecule has 0 fully saturated rings. The molecule has 0 aliphatic heterocycles. The highest BCUT2D eigenvalue weighted by Crippen LogP contribution is 2.37. The summed E-state index contributed by atoms with van der Waals surface area (Å²) >= 11 is 0. The van der Waals surface area contributed by atoms with E-state index in [1.807, 2.05) is 0 Å². The molecule has 1 heterocycles. The molecule has 0 aliphatic rings. The molecular formula is C12H11F3N2O. The van der Waals surface area contributed by atoms with Gasteiger partial charge in [0.15, 0.2) is 0 Å². The maximum atomic E-state index is 12.7. The van der Waals surface area contributed by atoms with Gasteiger partial charge < -0.3 is 10.5 Å². The number of methoxy groups -OCH3 is 1. The van der Waals surface area contributed by atoms with Crippen molar-refractivity contribution in [3.63, 3.8) is 0 Å². The molecule has 0 bridgehead atoms. The van der Waals surface area contributed by atoms with E-state index in [0.717, 1.165) is 11.6 Å². The Balaban J connectivity index is 2.84. The van der Waals surface area contributed by atoms with Crippen LogP contribution >= 0.6 is 0 Å². The SMILES string of the molecule is COc1cc(C(F)(F)F)nc2ccc(C)c(N)c12. The Kier molecular flexibility index (Phi) is 2.80. The minimum Gasteiger partial charge on any atom is -0.496 e. The summed E-state index contributed by atoms with van der Waals surface area (Å²) < 4.78 is 43.0. The summed E-state index contributed by atoms with van der Waals surface area (Å²) in [6.45, 7) is 1.77. The zero-order chi connectivity index (χ0) is 13.5. The van der Waals surface area contributed by atoms with E-state index < -0.39 is 11.9 Å². The first-order valence-corrected chi connectivity index (χ1v) is 5.15. The van der Waals surface area contributed by atoms with Crippen molar-refractivity contribution in [2.45, 2.75) is 13.1 Å². The van der Waals surface area contributed by atoms with Gasteiger partial charge in [0.05, 0.1) is 18.0 Å². The lowest BCUT2D eigenvalue weighted by atomic mass is 10.1. The van der Waals surface area contributed by atoms with Gasteiger partial charge in [-0.25, -0.2) is 4.98 Å². The van der Waals surface area contributed by atoms with Crippen LogP contribution in [-0.2, 0) is 6.18 Å². The number of hydrogen-bond donors (Lipinski definition) is 1. The van der Waals surface area contributed by atoms with Crippen LogP contribution in [0.15, 0.2) is 18.2 Å². The summed E-state index contributed by atoms with van der Waals surface area (Å²) in [4.78, 5) is 3.57. The number of pyridine rings is 1. The van der Waals surface area contributed by atoms with Crippen LogP contribution in [0.1, 0.15) is 11.3 Å². The number of aromatic nitrogens is 1. The molecule has 18 heavy (non-hydrogen) atoms. The fraction of sp³-hybridized carbons (Fsp3) is 0.250. The first-order chi connectivity index (χ1) is 8.34. The quantitative estimate of drug-likeness (QED) is 0.797. The maximum Gasteiger partial charge on any atom is 0.433 e. The van der Waals surface area contributed by atoms with Crippen LogP contribution in [0, 0.1) is 6.92 Å². The standard InChI is InChI=1S/C12H11F3N2O/c1-6-3-4-7-10(11(6)16)8(18-2)5-9(17-7)12(13,14)15/h3-5H,16H2,1-2H3. The largest absolute Gasteiger partial charge is 0.496 e. The number of ether oxygens (including phenoxy) is 1. The van der Waals surface area contributed by atoms with Crippen molar-refractivity contribution in [3.05, 3.63) is 29.5 Å². The average molecular weight is 256 g/mol. The number of halogens is 3. The molecule has 0 atom stereocenters. The minimum absolute atomic E-state index is 0.0773. The van der Waals surface area contributed by atoms with Crippen molar-refractivity contribution in [2.24, 2.45) is 0 Å². The third-order valence-corrected chi connectivity index (χ3v) is 2.71. The van der Waals surface area contributed by atoms with E-state index in [1.54, 1.807) is 13.0 Å². The molecule has 2 aromatic rings. The van der Waals surface area contributed by atoms with Gasteiger partial charge in [-0.2, -0.15) is 13.2 Å². The predicted molar refractivity (Wildman–Crippen MR) is 62.4 cm³/mol. The second-order valence-electron chi connectivity index (χ2n) is 3.90. The number of nitrogens with zero attached hydrogens (tertiary/aromatic N) is 1. The number of nitrogens with two attached hydrogens (primary N) is 1. The fourth-order valence-corrected chi connectivity index (χ4v) is 1.73. The normalized spacial score (nSPS) is 11.8. The van der Waals surface area contributed by atoms with Crippen LogP contribution in [0.2, 0.25) is 0 Å². The van der Waals surface area contributed by atoms with Crippen molar-refractivity contribution in [3.8, 4) is 5.75 Å². The molecule has 0 unspecified atom stereocenters. The van der Waals surface area contributed by atoms with E-state index in [4.69, 9.17) is 10.5 Å². The summed E-state index contributed by atoms with van der Waals surface area (Å²) in [7, 11) is 1.30. The third kappa shape index (κ3) is 1.94. The molecule has 0 saturated heterocycles. The fourth-order valence-electron chi connectivity index (χ4n) is 1.73. The highest BCUT2D eigenvalue weighted by atomic mass is 19.4. The lowest BCUT2D eigenvalue weighted by Gasteiger charge is -2.13. The van der Waals surface area contributed by atoms with Crippen molar-refractivity contribution < 1.29 is 17.9 Å². The van der Waals surface area contributed by atoms with Gasteiger partial charge in [-0.1, -0.05) is 6.07 Å². The Morgan fingerprint density at radius 3 is 2.50 bits per heavy atom. The van der Waals surface area contributed by atoms with Gasteiger partial charge in [0.2, 0.25) is 0 Å². The van der Waals surface area contributed by atoms with Crippen LogP contribution in [-0.4, -0.2) is 12.1 Å². The monoisotopic (exact) mass is 256 g/mol. The predicted octanol–water partition coefficient (Wildman–Crippen LogP) is 3.15. The summed E-state index contributed by atoms with van der Waals surface area (Å²) in [6, 6.07) is 3.99. The minimum atomic E-state index is -4.51. The molecule has 96 valence electrons. The molecule has 3 nitrogen and oxygen atoms in total. The van der Waals surface area contributed by atoms with E-state index >= 15 is 0 Å². The number of benzene rings is 1. The van der Waals surface area contributed by atoms with E-state index in [1.165, 1.54) is 13.2 Å². The van der Waals surface area contributed by atoms with Crippen LogP contribution < -0.4 is 10.5 Å². The van der Waals surface area contributed by atoms with Gasteiger partial charge in [0.25, 0.3) is 0 Å². The van der Waals surface area contributed by atoms with Crippen LogP contribution in [0.3, 0.4) is 0 Å². The van der Waals surface area contributed by atoms with Gasteiger partial charge in [-0.15, -0.1) is 0 Å². The Morgan fingerprint density at radius 1 is 1.28 bits per heavy atom. The topological polar surface area (TPSA) is 48.1 Å². The van der Waals surface area contributed by atoms with Crippen LogP contribution in [0.4, 0.5) is 18.9 Å². The first kappa shape index (κ1) is 12.5. The molecule has 6 heteroatoms. The zero-order valence-electron chi connectivity index (χ0n) is 9.80. The smallest absolute Gasteiger partial charge is 0.433 e. The van der Waals surface area contributed by atoms with Gasteiger partial charge in [-0.3, -0.25) is 0 Å². The van der Waals surface area contributed by atoms with E-state index in [0.29, 0.717) is 11.1 Å². The Bertz CT molecular complexity index is 608. The maximum absolute atomic E-state index is 12.7. The van der Waals surface area contributed by atoms with E-state index in [-0.39, 0.29) is 11.3 Å². The number of aryl methyl sites for hydroxylation is 1. The average Bonchev–Trinajstić information content (AvgIpc) is 2.31. The second kappa shape index (κ2) is 4.04. The molecule has 0 saturated carbocycles. The number of nitrogen functional groups attached to an aromatic ring is 1. The Hall–Kier alpha value is -1.98. The van der Waals surface area contributed by atoms with E-state index in [9.17, 15) is 13.2 Å². The molecule has 0 radical (unpaired) electrons. The van der Waals surface area contributed by atoms with Gasteiger partial charge in [0.1, 0.15) is 11.4 Å². The number of rotatable bonds is 1.